The quantitative estimate of drug-likeness (QED) is 0.245. The third kappa shape index (κ3) is 3.87. The van der Waals surface area contributed by atoms with Gasteiger partial charge in [0.2, 0.25) is 0 Å². The molecule has 2 aromatic heterocycles. The van der Waals surface area contributed by atoms with Crippen LogP contribution in [-0.2, 0) is 0 Å². The summed E-state index contributed by atoms with van der Waals surface area (Å²) in [4.78, 5) is 9.95. The molecule has 0 aliphatic rings. The largest absolute Gasteiger partial charge is 0.309 e. The zero-order chi connectivity index (χ0) is 25.5. The molecule has 2 heterocycles. The van der Waals surface area contributed by atoms with Gasteiger partial charge in [0.15, 0.2) is 5.82 Å². The van der Waals surface area contributed by atoms with Crippen molar-refractivity contribution in [3.8, 4) is 39.6 Å². The Morgan fingerprint density at radius 3 is 1.89 bits per heavy atom. The van der Waals surface area contributed by atoms with Gasteiger partial charge >= 0.3 is 0 Å². The van der Waals surface area contributed by atoms with Crippen LogP contribution in [0.15, 0.2) is 133 Å². The molecule has 5 aromatic carbocycles. The van der Waals surface area contributed by atoms with Gasteiger partial charge in [-0.15, -0.1) is 0 Å². The Labute approximate surface area is 222 Å². The number of para-hydroxylation sites is 1. The maximum atomic E-state index is 6.23. The molecule has 3 nitrogen and oxygen atoms in total. The molecule has 2 radical (unpaired) electrons. The van der Waals surface area contributed by atoms with Crippen molar-refractivity contribution in [3.05, 3.63) is 133 Å². The van der Waals surface area contributed by atoms with E-state index in [2.05, 4.69) is 77.4 Å². The summed E-state index contributed by atoms with van der Waals surface area (Å²) >= 11 is 0. The Balaban J connectivity index is 1.44. The molecule has 0 aliphatic carbocycles. The van der Waals surface area contributed by atoms with Gasteiger partial charge in [-0.3, -0.25) is 0 Å². The average molecular weight is 483 g/mol. The SMILES string of the molecule is [B]c1ccc2c3ccccc3n(-c3cccc(-c4cc(-c5ccccc5)nc(-c5ccccc5)n4)c3)c2c1. The molecule has 0 atom stereocenters. The van der Waals surface area contributed by atoms with E-state index in [0.29, 0.717) is 5.82 Å². The number of hydrogen-bond acceptors (Lipinski definition) is 2. The predicted molar refractivity (Wildman–Crippen MR) is 158 cm³/mol. The number of nitrogens with zero attached hydrogens (tertiary/aromatic N) is 3. The van der Waals surface area contributed by atoms with Crippen LogP contribution in [0.4, 0.5) is 0 Å². The minimum atomic E-state index is 0.706. The van der Waals surface area contributed by atoms with E-state index >= 15 is 0 Å². The molecule has 0 spiro atoms. The van der Waals surface area contributed by atoms with E-state index in [4.69, 9.17) is 17.8 Å². The van der Waals surface area contributed by atoms with E-state index in [1.807, 2.05) is 60.7 Å². The van der Waals surface area contributed by atoms with Gasteiger partial charge in [-0.25, -0.2) is 9.97 Å². The second kappa shape index (κ2) is 9.17. The zero-order valence-corrected chi connectivity index (χ0v) is 20.6. The molecule has 7 aromatic rings. The fraction of sp³-hybridized carbons (Fsp3) is 0. The topological polar surface area (TPSA) is 30.7 Å². The zero-order valence-electron chi connectivity index (χ0n) is 20.6. The van der Waals surface area contributed by atoms with Gasteiger partial charge in [0.25, 0.3) is 0 Å². The molecular formula is C34H22BN3. The van der Waals surface area contributed by atoms with Crippen molar-refractivity contribution in [1.82, 2.24) is 14.5 Å². The molecule has 0 unspecified atom stereocenters. The fourth-order valence-electron chi connectivity index (χ4n) is 5.14. The molecule has 0 aliphatic heterocycles. The summed E-state index contributed by atoms with van der Waals surface area (Å²) in [7, 11) is 6.23. The first-order chi connectivity index (χ1) is 18.7. The Morgan fingerprint density at radius 1 is 0.474 bits per heavy atom. The third-order valence-electron chi connectivity index (χ3n) is 6.93. The van der Waals surface area contributed by atoms with Gasteiger partial charge < -0.3 is 4.57 Å². The first-order valence-electron chi connectivity index (χ1n) is 12.6. The van der Waals surface area contributed by atoms with Crippen LogP contribution in [0.2, 0.25) is 0 Å². The monoisotopic (exact) mass is 483 g/mol. The number of benzene rings is 5. The van der Waals surface area contributed by atoms with Gasteiger partial charge in [-0.05, 0) is 30.3 Å². The molecule has 0 fully saturated rings. The van der Waals surface area contributed by atoms with Crippen molar-refractivity contribution in [2.45, 2.75) is 0 Å². The highest BCUT2D eigenvalue weighted by Crippen LogP contribution is 2.33. The lowest BCUT2D eigenvalue weighted by Crippen LogP contribution is -2.02. The first kappa shape index (κ1) is 22.3. The summed E-state index contributed by atoms with van der Waals surface area (Å²) in [6.45, 7) is 0. The number of hydrogen-bond donors (Lipinski definition) is 0. The van der Waals surface area contributed by atoms with Gasteiger partial charge in [0, 0.05) is 33.2 Å². The number of fused-ring (bicyclic) bond motifs is 3. The van der Waals surface area contributed by atoms with Crippen molar-refractivity contribution in [1.29, 1.82) is 0 Å². The lowest BCUT2D eigenvalue weighted by Gasteiger charge is -2.12. The molecule has 176 valence electrons. The van der Waals surface area contributed by atoms with Gasteiger partial charge in [0.05, 0.1) is 22.4 Å². The summed E-state index contributed by atoms with van der Waals surface area (Å²) in [5.74, 6) is 0.706. The molecule has 0 saturated heterocycles. The van der Waals surface area contributed by atoms with Crippen molar-refractivity contribution in [2.24, 2.45) is 0 Å². The van der Waals surface area contributed by atoms with Crippen molar-refractivity contribution < 1.29 is 0 Å². The van der Waals surface area contributed by atoms with Crippen LogP contribution in [0.1, 0.15) is 0 Å². The van der Waals surface area contributed by atoms with E-state index in [9.17, 15) is 0 Å². The third-order valence-corrected chi connectivity index (χ3v) is 6.93. The highest BCUT2D eigenvalue weighted by Gasteiger charge is 2.14. The molecule has 0 saturated carbocycles. The van der Waals surface area contributed by atoms with Crippen molar-refractivity contribution >= 4 is 35.1 Å². The van der Waals surface area contributed by atoms with Crippen molar-refractivity contribution in [2.75, 3.05) is 0 Å². The Kier molecular flexibility index (Phi) is 5.37. The molecule has 0 amide bonds. The summed E-state index contributed by atoms with van der Waals surface area (Å²) in [6, 6.07) is 45.6. The molecule has 4 heteroatoms. The van der Waals surface area contributed by atoms with Crippen LogP contribution in [0, 0.1) is 0 Å². The molecule has 0 bridgehead atoms. The van der Waals surface area contributed by atoms with Crippen LogP contribution in [0.25, 0.3) is 61.4 Å². The minimum absolute atomic E-state index is 0.706. The highest BCUT2D eigenvalue weighted by atomic mass is 15.0. The lowest BCUT2D eigenvalue weighted by atomic mass is 9.95. The van der Waals surface area contributed by atoms with Crippen LogP contribution < -0.4 is 5.46 Å². The van der Waals surface area contributed by atoms with Crippen molar-refractivity contribution in [3.63, 3.8) is 0 Å². The van der Waals surface area contributed by atoms with E-state index in [1.54, 1.807) is 0 Å². The standard InChI is InChI=1S/C34H22BN3/c35-26-18-19-29-28-16-7-8-17-32(28)38(33(29)21-26)27-15-9-14-25(20-27)31-22-30(23-10-3-1-4-11-23)36-34(37-31)24-12-5-2-6-13-24/h1-22H. The summed E-state index contributed by atoms with van der Waals surface area (Å²) < 4.78 is 2.28. The number of rotatable bonds is 4. The maximum absolute atomic E-state index is 6.23. The van der Waals surface area contributed by atoms with Gasteiger partial charge in [-0.2, -0.15) is 0 Å². The van der Waals surface area contributed by atoms with E-state index in [-0.39, 0.29) is 0 Å². The average Bonchev–Trinajstić information content (AvgIpc) is 3.31. The highest BCUT2D eigenvalue weighted by molar-refractivity contribution is 6.33. The van der Waals surface area contributed by atoms with E-state index in [1.165, 1.54) is 10.8 Å². The molecular weight excluding hydrogens is 461 g/mol. The summed E-state index contributed by atoms with van der Waals surface area (Å²) in [5, 5.41) is 2.38. The smallest absolute Gasteiger partial charge is 0.160 e. The minimum Gasteiger partial charge on any atom is -0.309 e. The Morgan fingerprint density at radius 2 is 1.11 bits per heavy atom. The van der Waals surface area contributed by atoms with E-state index in [0.717, 1.165) is 50.3 Å². The second-order valence-electron chi connectivity index (χ2n) is 9.37. The Bertz CT molecular complexity index is 1870. The summed E-state index contributed by atoms with van der Waals surface area (Å²) in [6.07, 6.45) is 0. The Hall–Kier alpha value is -4.96. The van der Waals surface area contributed by atoms with Crippen LogP contribution >= 0.6 is 0 Å². The molecule has 7 rings (SSSR count). The molecule has 0 N–H and O–H groups in total. The van der Waals surface area contributed by atoms with Gasteiger partial charge in [0.1, 0.15) is 7.85 Å². The maximum Gasteiger partial charge on any atom is 0.160 e. The predicted octanol–water partition coefficient (Wildman–Crippen LogP) is 7.37. The van der Waals surface area contributed by atoms with Gasteiger partial charge in [-0.1, -0.05) is 109 Å². The normalized spacial score (nSPS) is 11.3. The van der Waals surface area contributed by atoms with Crippen LogP contribution in [0.5, 0.6) is 0 Å². The molecule has 38 heavy (non-hydrogen) atoms. The fourth-order valence-corrected chi connectivity index (χ4v) is 5.14. The lowest BCUT2D eigenvalue weighted by molar-refractivity contribution is 1.16. The van der Waals surface area contributed by atoms with Crippen LogP contribution in [-0.4, -0.2) is 22.4 Å². The first-order valence-corrected chi connectivity index (χ1v) is 12.6. The summed E-state index contributed by atoms with van der Waals surface area (Å²) in [5.41, 5.74) is 8.86. The number of aromatic nitrogens is 3. The second-order valence-corrected chi connectivity index (χ2v) is 9.37. The van der Waals surface area contributed by atoms with E-state index < -0.39 is 0 Å². The van der Waals surface area contributed by atoms with Crippen LogP contribution in [0.3, 0.4) is 0 Å².